The molecule has 0 aliphatic carbocycles. The number of aliphatic carboxylic acids is 1. The van der Waals surface area contributed by atoms with E-state index >= 15 is 0 Å². The topological polar surface area (TPSA) is 97.0 Å². The Hall–Kier alpha value is -3.82. The number of carboxylic acid groups (broad SMARTS) is 1. The van der Waals surface area contributed by atoms with Gasteiger partial charge in [-0.1, -0.05) is 23.7 Å². The Kier molecular flexibility index (Phi) is 5.66. The molecule has 3 aromatic heterocycles. The van der Waals surface area contributed by atoms with E-state index < -0.39 is 5.97 Å². The maximum absolute atomic E-state index is 11.7. The van der Waals surface area contributed by atoms with Crippen LogP contribution >= 0.6 is 22.9 Å². The van der Waals surface area contributed by atoms with Crippen molar-refractivity contribution in [3.63, 3.8) is 0 Å². The van der Waals surface area contributed by atoms with Gasteiger partial charge in [-0.05, 0) is 53.9 Å². The third kappa shape index (κ3) is 4.10. The van der Waals surface area contributed by atoms with Crippen molar-refractivity contribution in [2.24, 2.45) is 0 Å². The highest BCUT2D eigenvalue weighted by Gasteiger charge is 2.22. The number of anilines is 1. The lowest BCUT2D eigenvalue weighted by atomic mass is 9.93. The number of nitrogens with zero attached hydrogens (tertiary/aromatic N) is 6. The lowest BCUT2D eigenvalue weighted by molar-refractivity contribution is -0.136. The molecule has 36 heavy (non-hydrogen) atoms. The molecule has 0 fully saturated rings. The van der Waals surface area contributed by atoms with Crippen LogP contribution in [-0.2, 0) is 24.3 Å². The number of hydrogen-bond acceptors (Lipinski definition) is 7. The second-order valence-corrected chi connectivity index (χ2v) is 10.2. The molecular weight excluding hydrogens is 496 g/mol. The molecule has 0 bridgehead atoms. The number of thiazole rings is 1. The van der Waals surface area contributed by atoms with E-state index in [-0.39, 0.29) is 6.42 Å². The van der Waals surface area contributed by atoms with Crippen LogP contribution in [0, 0.1) is 6.92 Å². The van der Waals surface area contributed by atoms with Crippen LogP contribution in [0.3, 0.4) is 0 Å². The van der Waals surface area contributed by atoms with E-state index in [1.54, 1.807) is 23.9 Å². The number of hydrogen-bond donors (Lipinski definition) is 1. The standard InChI is InChI=1S/C26H21ClN6O2S/c1-15-10-20-25(24(19(15)12-23(34)35)16-2-4-18(27)5-3-16)36-26(30-20)17-6-7-28-21(11-17)32-8-9-33-14-29-31-22(33)13-32/h2-7,10-11,14H,8-9,12-13H2,1H3,(H,34,35). The number of carbonyl (C=O) groups is 1. The molecule has 0 radical (unpaired) electrons. The van der Waals surface area contributed by atoms with Gasteiger partial charge in [0.2, 0.25) is 0 Å². The molecule has 1 N–H and O–H groups in total. The lowest BCUT2D eigenvalue weighted by Crippen LogP contribution is -2.34. The summed E-state index contributed by atoms with van der Waals surface area (Å²) in [5.74, 6) is 0.915. The molecule has 0 amide bonds. The SMILES string of the molecule is Cc1cc2nc(-c3ccnc(N4CCn5cnnc5C4)c3)sc2c(-c2ccc(Cl)cc2)c1CC(=O)O. The van der Waals surface area contributed by atoms with Gasteiger partial charge in [-0.25, -0.2) is 9.97 Å². The van der Waals surface area contributed by atoms with E-state index in [1.807, 2.05) is 43.3 Å². The number of halogens is 1. The molecule has 180 valence electrons. The molecule has 0 saturated heterocycles. The van der Waals surface area contributed by atoms with Crippen LogP contribution in [0.15, 0.2) is 55.0 Å². The van der Waals surface area contributed by atoms with Crippen molar-refractivity contribution < 1.29 is 9.90 Å². The first-order valence-corrected chi connectivity index (χ1v) is 12.6. The highest BCUT2D eigenvalue weighted by molar-refractivity contribution is 7.22. The Labute approximate surface area is 215 Å². The fourth-order valence-electron chi connectivity index (χ4n) is 4.65. The Morgan fingerprint density at radius 3 is 2.78 bits per heavy atom. The number of carboxylic acids is 1. The van der Waals surface area contributed by atoms with E-state index in [4.69, 9.17) is 16.6 Å². The zero-order valence-corrected chi connectivity index (χ0v) is 20.9. The van der Waals surface area contributed by atoms with Crippen molar-refractivity contribution >= 4 is 44.9 Å². The van der Waals surface area contributed by atoms with Crippen molar-refractivity contribution in [2.45, 2.75) is 26.4 Å². The van der Waals surface area contributed by atoms with Crippen LogP contribution < -0.4 is 4.90 Å². The van der Waals surface area contributed by atoms with Gasteiger partial charge >= 0.3 is 5.97 Å². The Bertz CT molecular complexity index is 1610. The third-order valence-corrected chi connectivity index (χ3v) is 7.82. The lowest BCUT2D eigenvalue weighted by Gasteiger charge is -2.28. The van der Waals surface area contributed by atoms with E-state index in [0.29, 0.717) is 11.6 Å². The first kappa shape index (κ1) is 22.6. The fraction of sp³-hybridized carbons (Fsp3) is 0.192. The van der Waals surface area contributed by atoms with Gasteiger partial charge in [-0.2, -0.15) is 0 Å². The van der Waals surface area contributed by atoms with Gasteiger partial charge in [-0.3, -0.25) is 4.79 Å². The minimum Gasteiger partial charge on any atom is -0.481 e. The Morgan fingerprint density at radius 1 is 1.14 bits per heavy atom. The van der Waals surface area contributed by atoms with Crippen molar-refractivity contribution in [1.82, 2.24) is 24.7 Å². The van der Waals surface area contributed by atoms with Crippen molar-refractivity contribution in [1.29, 1.82) is 0 Å². The smallest absolute Gasteiger partial charge is 0.307 e. The van der Waals surface area contributed by atoms with Gasteiger partial charge in [0.15, 0.2) is 5.82 Å². The van der Waals surface area contributed by atoms with Gasteiger partial charge in [0.25, 0.3) is 0 Å². The van der Waals surface area contributed by atoms with Gasteiger partial charge in [0.1, 0.15) is 17.2 Å². The zero-order chi connectivity index (χ0) is 24.8. The van der Waals surface area contributed by atoms with E-state index in [9.17, 15) is 9.90 Å². The van der Waals surface area contributed by atoms with Gasteiger partial charge < -0.3 is 14.6 Å². The van der Waals surface area contributed by atoms with Gasteiger partial charge in [0, 0.05) is 35.4 Å². The summed E-state index contributed by atoms with van der Waals surface area (Å²) in [5.41, 5.74) is 5.33. The predicted molar refractivity (Wildman–Crippen MR) is 140 cm³/mol. The molecule has 6 rings (SSSR count). The minimum atomic E-state index is -0.867. The normalized spacial score (nSPS) is 13.2. The van der Waals surface area contributed by atoms with Crippen molar-refractivity contribution in [3.8, 4) is 21.7 Å². The molecule has 4 heterocycles. The third-order valence-electron chi connectivity index (χ3n) is 6.43. The van der Waals surface area contributed by atoms with Crippen LogP contribution in [-0.4, -0.2) is 42.4 Å². The van der Waals surface area contributed by atoms with Crippen LogP contribution in [0.25, 0.3) is 31.9 Å². The maximum Gasteiger partial charge on any atom is 0.307 e. The summed E-state index contributed by atoms with van der Waals surface area (Å²) in [7, 11) is 0. The molecule has 8 nitrogen and oxygen atoms in total. The molecule has 10 heteroatoms. The average Bonchev–Trinajstić information content (AvgIpc) is 3.51. The summed E-state index contributed by atoms with van der Waals surface area (Å²) in [4.78, 5) is 23.5. The summed E-state index contributed by atoms with van der Waals surface area (Å²) < 4.78 is 3.02. The molecule has 0 unspecified atom stereocenters. The highest BCUT2D eigenvalue weighted by atomic mass is 35.5. The molecular formula is C26H21ClN6O2S. The number of pyridine rings is 1. The van der Waals surface area contributed by atoms with E-state index in [1.165, 1.54) is 0 Å². The second kappa shape index (κ2) is 9.00. The first-order chi connectivity index (χ1) is 17.5. The minimum absolute atomic E-state index is 0.0635. The van der Waals surface area contributed by atoms with E-state index in [0.717, 1.165) is 67.8 Å². The summed E-state index contributed by atoms with van der Waals surface area (Å²) in [5, 5.41) is 19.3. The van der Waals surface area contributed by atoms with Crippen LogP contribution in [0.4, 0.5) is 5.82 Å². The van der Waals surface area contributed by atoms with Crippen molar-refractivity contribution in [3.05, 3.63) is 77.0 Å². The molecule has 1 aliphatic rings. The van der Waals surface area contributed by atoms with E-state index in [2.05, 4.69) is 30.7 Å². The molecule has 2 aromatic carbocycles. The van der Waals surface area contributed by atoms with Crippen LogP contribution in [0.2, 0.25) is 5.02 Å². The average molecular weight is 517 g/mol. The highest BCUT2D eigenvalue weighted by Crippen LogP contribution is 2.41. The monoisotopic (exact) mass is 516 g/mol. The Balaban J connectivity index is 1.45. The number of rotatable bonds is 5. The summed E-state index contributed by atoms with van der Waals surface area (Å²) in [6.45, 7) is 4.22. The zero-order valence-electron chi connectivity index (χ0n) is 19.3. The number of aromatic nitrogens is 5. The largest absolute Gasteiger partial charge is 0.481 e. The maximum atomic E-state index is 11.7. The van der Waals surface area contributed by atoms with Crippen LogP contribution in [0.5, 0.6) is 0 Å². The molecule has 0 saturated carbocycles. The first-order valence-electron chi connectivity index (χ1n) is 11.4. The second-order valence-electron chi connectivity index (χ2n) is 8.76. The number of aryl methyl sites for hydroxylation is 1. The van der Waals surface area contributed by atoms with Crippen molar-refractivity contribution in [2.75, 3.05) is 11.4 Å². The predicted octanol–water partition coefficient (Wildman–Crippen LogP) is 5.23. The van der Waals surface area contributed by atoms with Gasteiger partial charge in [0.05, 0.1) is 23.2 Å². The fourth-order valence-corrected chi connectivity index (χ4v) is 5.91. The Morgan fingerprint density at radius 2 is 1.97 bits per heavy atom. The molecule has 0 atom stereocenters. The molecule has 5 aromatic rings. The number of benzene rings is 2. The molecule has 1 aliphatic heterocycles. The number of fused-ring (bicyclic) bond motifs is 2. The summed E-state index contributed by atoms with van der Waals surface area (Å²) in [6.07, 6.45) is 3.50. The summed E-state index contributed by atoms with van der Waals surface area (Å²) in [6, 6.07) is 13.5. The quantitative estimate of drug-likeness (QED) is 0.342. The van der Waals surface area contributed by atoms with Gasteiger partial charge in [-0.15, -0.1) is 21.5 Å². The summed E-state index contributed by atoms with van der Waals surface area (Å²) >= 11 is 7.70. The molecule has 0 spiro atoms. The van der Waals surface area contributed by atoms with Crippen LogP contribution in [0.1, 0.15) is 17.0 Å².